The summed E-state index contributed by atoms with van der Waals surface area (Å²) in [5.74, 6) is -1.20. The van der Waals surface area contributed by atoms with Crippen LogP contribution in [0.1, 0.15) is 5.56 Å². The molecular weight excluding hydrogens is 259 g/mol. The Balaban J connectivity index is 2.21. The SMILES string of the molecule is Cc1cc(F)ccc1-c1nnc(SCC(=O)O)o1. The number of nitrogens with zero attached hydrogens (tertiary/aromatic N) is 2. The van der Waals surface area contributed by atoms with Crippen LogP contribution in [0.15, 0.2) is 27.8 Å². The Morgan fingerprint density at radius 2 is 2.28 bits per heavy atom. The van der Waals surface area contributed by atoms with E-state index in [1.807, 2.05) is 0 Å². The number of carboxylic acids is 1. The van der Waals surface area contributed by atoms with Gasteiger partial charge in [-0.15, -0.1) is 10.2 Å². The van der Waals surface area contributed by atoms with Crippen LogP contribution >= 0.6 is 11.8 Å². The zero-order valence-corrected chi connectivity index (χ0v) is 10.2. The molecule has 0 radical (unpaired) electrons. The van der Waals surface area contributed by atoms with Gasteiger partial charge in [0.15, 0.2) is 0 Å². The maximum atomic E-state index is 12.9. The van der Waals surface area contributed by atoms with Crippen molar-refractivity contribution in [1.29, 1.82) is 0 Å². The van der Waals surface area contributed by atoms with Gasteiger partial charge in [-0.1, -0.05) is 11.8 Å². The second kappa shape index (κ2) is 5.18. The highest BCUT2D eigenvalue weighted by Gasteiger charge is 2.12. The molecular formula is C11H9FN2O3S. The fourth-order valence-corrected chi connectivity index (χ4v) is 1.85. The molecule has 1 aromatic carbocycles. The molecule has 0 aliphatic carbocycles. The fraction of sp³-hybridized carbons (Fsp3) is 0.182. The number of halogens is 1. The average Bonchev–Trinajstić information content (AvgIpc) is 2.75. The number of thioether (sulfide) groups is 1. The minimum atomic E-state index is -0.960. The summed E-state index contributed by atoms with van der Waals surface area (Å²) in [4.78, 5) is 10.4. The lowest BCUT2D eigenvalue weighted by molar-refractivity contribution is -0.133. The Morgan fingerprint density at radius 1 is 1.50 bits per heavy atom. The lowest BCUT2D eigenvalue weighted by Gasteiger charge is -1.99. The highest BCUT2D eigenvalue weighted by atomic mass is 32.2. The van der Waals surface area contributed by atoms with E-state index in [0.717, 1.165) is 11.8 Å². The van der Waals surface area contributed by atoms with E-state index in [0.29, 0.717) is 11.1 Å². The molecule has 2 rings (SSSR count). The van der Waals surface area contributed by atoms with E-state index in [2.05, 4.69) is 10.2 Å². The standard InChI is InChI=1S/C11H9FN2O3S/c1-6-4-7(12)2-3-8(6)10-13-14-11(17-10)18-5-9(15)16/h2-4H,5H2,1H3,(H,15,16). The van der Waals surface area contributed by atoms with Gasteiger partial charge in [0.1, 0.15) is 11.6 Å². The highest BCUT2D eigenvalue weighted by molar-refractivity contribution is 7.99. The molecule has 0 fully saturated rings. The van der Waals surface area contributed by atoms with Crippen LogP contribution in [0.25, 0.3) is 11.5 Å². The van der Waals surface area contributed by atoms with Crippen molar-refractivity contribution in [3.8, 4) is 11.5 Å². The number of carbonyl (C=O) groups is 1. The zero-order valence-electron chi connectivity index (χ0n) is 9.38. The number of benzene rings is 1. The molecule has 94 valence electrons. The second-order valence-electron chi connectivity index (χ2n) is 3.51. The topological polar surface area (TPSA) is 76.2 Å². The van der Waals surface area contributed by atoms with Crippen molar-refractivity contribution in [3.63, 3.8) is 0 Å². The number of hydrogen-bond acceptors (Lipinski definition) is 5. The number of aryl methyl sites for hydroxylation is 1. The lowest BCUT2D eigenvalue weighted by atomic mass is 10.1. The smallest absolute Gasteiger partial charge is 0.314 e. The number of rotatable bonds is 4. The number of hydrogen-bond donors (Lipinski definition) is 1. The summed E-state index contributed by atoms with van der Waals surface area (Å²) in [5.41, 5.74) is 1.31. The van der Waals surface area contributed by atoms with E-state index < -0.39 is 5.97 Å². The minimum absolute atomic E-state index is 0.149. The second-order valence-corrected chi connectivity index (χ2v) is 4.44. The molecule has 18 heavy (non-hydrogen) atoms. The maximum Gasteiger partial charge on any atom is 0.314 e. The summed E-state index contributed by atoms with van der Waals surface area (Å²) in [7, 11) is 0. The van der Waals surface area contributed by atoms with E-state index in [1.54, 1.807) is 13.0 Å². The quantitative estimate of drug-likeness (QED) is 0.858. The van der Waals surface area contributed by atoms with Crippen molar-refractivity contribution in [1.82, 2.24) is 10.2 Å². The molecule has 0 unspecified atom stereocenters. The van der Waals surface area contributed by atoms with Crippen LogP contribution in [0.4, 0.5) is 4.39 Å². The van der Waals surface area contributed by atoms with Crippen LogP contribution in [0.2, 0.25) is 0 Å². The summed E-state index contributed by atoms with van der Waals surface area (Å²) in [5, 5.41) is 16.2. The van der Waals surface area contributed by atoms with Crippen LogP contribution in [-0.4, -0.2) is 27.0 Å². The summed E-state index contributed by atoms with van der Waals surface area (Å²) in [6.07, 6.45) is 0. The molecule has 1 heterocycles. The van der Waals surface area contributed by atoms with Crippen LogP contribution in [-0.2, 0) is 4.79 Å². The maximum absolute atomic E-state index is 12.9. The Labute approximate surface area is 106 Å². The van der Waals surface area contributed by atoms with Crippen LogP contribution in [0.5, 0.6) is 0 Å². The van der Waals surface area contributed by atoms with Crippen molar-refractivity contribution >= 4 is 17.7 Å². The van der Waals surface area contributed by atoms with Gasteiger partial charge in [0, 0.05) is 5.56 Å². The third-order valence-corrected chi connectivity index (χ3v) is 2.95. The van der Waals surface area contributed by atoms with Crippen molar-refractivity contribution in [2.75, 3.05) is 5.75 Å². The molecule has 0 saturated heterocycles. The van der Waals surface area contributed by atoms with Crippen molar-refractivity contribution in [2.45, 2.75) is 12.1 Å². The predicted octanol–water partition coefficient (Wildman–Crippen LogP) is 2.36. The van der Waals surface area contributed by atoms with Gasteiger partial charge in [-0.3, -0.25) is 4.79 Å². The summed E-state index contributed by atoms with van der Waals surface area (Å²) < 4.78 is 18.2. The van der Waals surface area contributed by atoms with Crippen LogP contribution in [0.3, 0.4) is 0 Å². The largest absolute Gasteiger partial charge is 0.481 e. The first-order valence-electron chi connectivity index (χ1n) is 5.01. The minimum Gasteiger partial charge on any atom is -0.481 e. The lowest BCUT2D eigenvalue weighted by Crippen LogP contribution is -1.97. The first kappa shape index (κ1) is 12.6. The van der Waals surface area contributed by atoms with Gasteiger partial charge < -0.3 is 9.52 Å². The third-order valence-electron chi connectivity index (χ3n) is 2.14. The first-order valence-corrected chi connectivity index (χ1v) is 5.99. The van der Waals surface area contributed by atoms with Crippen molar-refractivity contribution < 1.29 is 18.7 Å². The molecule has 0 aliphatic rings. The van der Waals surface area contributed by atoms with E-state index in [-0.39, 0.29) is 22.7 Å². The molecule has 0 amide bonds. The molecule has 0 bridgehead atoms. The number of carboxylic acid groups (broad SMARTS) is 1. The Hall–Kier alpha value is -1.89. The molecule has 1 N–H and O–H groups in total. The van der Waals surface area contributed by atoms with Gasteiger partial charge in [-0.05, 0) is 30.7 Å². The first-order chi connectivity index (χ1) is 8.56. The van der Waals surface area contributed by atoms with E-state index >= 15 is 0 Å². The van der Waals surface area contributed by atoms with Crippen LogP contribution < -0.4 is 0 Å². The van der Waals surface area contributed by atoms with Crippen molar-refractivity contribution in [2.24, 2.45) is 0 Å². The number of aliphatic carboxylic acids is 1. The molecule has 0 aliphatic heterocycles. The predicted molar refractivity (Wildman–Crippen MR) is 62.8 cm³/mol. The van der Waals surface area contributed by atoms with Gasteiger partial charge in [0.25, 0.3) is 5.22 Å². The van der Waals surface area contributed by atoms with Gasteiger partial charge >= 0.3 is 5.97 Å². The van der Waals surface area contributed by atoms with Gasteiger partial charge in [-0.25, -0.2) is 4.39 Å². The fourth-order valence-electron chi connectivity index (χ4n) is 1.37. The average molecular weight is 268 g/mol. The molecule has 2 aromatic rings. The highest BCUT2D eigenvalue weighted by Crippen LogP contribution is 2.25. The van der Waals surface area contributed by atoms with Gasteiger partial charge in [-0.2, -0.15) is 0 Å². The summed E-state index contributed by atoms with van der Waals surface area (Å²) >= 11 is 0.939. The van der Waals surface area contributed by atoms with E-state index in [1.165, 1.54) is 12.1 Å². The Morgan fingerprint density at radius 3 is 2.94 bits per heavy atom. The molecule has 0 spiro atoms. The molecule has 5 nitrogen and oxygen atoms in total. The van der Waals surface area contributed by atoms with E-state index in [9.17, 15) is 9.18 Å². The molecule has 7 heteroatoms. The zero-order chi connectivity index (χ0) is 13.1. The third kappa shape index (κ3) is 2.86. The van der Waals surface area contributed by atoms with Gasteiger partial charge in [0.05, 0.1) is 0 Å². The monoisotopic (exact) mass is 268 g/mol. The Kier molecular flexibility index (Phi) is 3.61. The molecule has 0 atom stereocenters. The summed E-state index contributed by atoms with van der Waals surface area (Å²) in [6, 6.07) is 4.21. The van der Waals surface area contributed by atoms with E-state index in [4.69, 9.17) is 9.52 Å². The molecule has 1 aromatic heterocycles. The van der Waals surface area contributed by atoms with Crippen molar-refractivity contribution in [3.05, 3.63) is 29.6 Å². The normalized spacial score (nSPS) is 10.6. The van der Waals surface area contributed by atoms with Crippen LogP contribution in [0, 0.1) is 12.7 Å². The Bertz CT molecular complexity index is 585. The molecule has 0 saturated carbocycles. The number of aromatic nitrogens is 2. The van der Waals surface area contributed by atoms with Gasteiger partial charge in [0.2, 0.25) is 5.89 Å². The summed E-state index contributed by atoms with van der Waals surface area (Å²) in [6.45, 7) is 1.73.